The molecule has 10 heteroatoms. The summed E-state index contributed by atoms with van der Waals surface area (Å²) in [6.45, 7) is 10.7. The molecular formula is C30H34N2O7S. The number of rotatable bonds is 11. The molecule has 3 aromatic rings. The summed E-state index contributed by atoms with van der Waals surface area (Å²) in [7, 11) is 1.58. The van der Waals surface area contributed by atoms with Gasteiger partial charge in [0, 0.05) is 0 Å². The Morgan fingerprint density at radius 2 is 1.57 bits per heavy atom. The van der Waals surface area contributed by atoms with Gasteiger partial charge in [0.15, 0.2) is 27.8 Å². The van der Waals surface area contributed by atoms with E-state index >= 15 is 0 Å². The van der Waals surface area contributed by atoms with E-state index in [1.165, 1.54) is 11.3 Å². The van der Waals surface area contributed by atoms with Crippen molar-refractivity contribution in [2.75, 3.05) is 33.5 Å². The summed E-state index contributed by atoms with van der Waals surface area (Å²) < 4.78 is 30.1. The lowest BCUT2D eigenvalue weighted by atomic mass is 9.95. The second kappa shape index (κ2) is 12.9. The third kappa shape index (κ3) is 5.77. The topological polar surface area (TPSA) is 97.6 Å². The fraction of sp³-hybridized carbons (Fsp3) is 0.367. The van der Waals surface area contributed by atoms with Gasteiger partial charge in [-0.25, -0.2) is 9.79 Å². The second-order valence-corrected chi connectivity index (χ2v) is 9.73. The Hall–Kier alpha value is -4.05. The summed E-state index contributed by atoms with van der Waals surface area (Å²) in [6.07, 6.45) is 1.79. The molecule has 0 N–H and O–H groups in total. The third-order valence-corrected chi connectivity index (χ3v) is 7.17. The van der Waals surface area contributed by atoms with E-state index in [0.29, 0.717) is 69.0 Å². The molecule has 0 spiro atoms. The number of fused-ring (bicyclic) bond motifs is 1. The lowest BCUT2D eigenvalue weighted by molar-refractivity contribution is -0.139. The first kappa shape index (κ1) is 28.9. The first-order valence-electron chi connectivity index (χ1n) is 13.3. The van der Waals surface area contributed by atoms with Crippen LogP contribution in [0.3, 0.4) is 0 Å². The molecule has 0 saturated heterocycles. The van der Waals surface area contributed by atoms with Gasteiger partial charge in [0.1, 0.15) is 0 Å². The number of hydrogen-bond donors (Lipinski definition) is 0. The van der Waals surface area contributed by atoms with Crippen LogP contribution < -0.4 is 33.8 Å². The highest BCUT2D eigenvalue weighted by molar-refractivity contribution is 7.07. The molecule has 0 radical (unpaired) electrons. The molecule has 212 valence electrons. The Morgan fingerprint density at radius 1 is 0.925 bits per heavy atom. The van der Waals surface area contributed by atoms with E-state index in [2.05, 4.69) is 4.99 Å². The maximum absolute atomic E-state index is 13.9. The van der Waals surface area contributed by atoms with Crippen molar-refractivity contribution in [3.8, 4) is 23.0 Å². The van der Waals surface area contributed by atoms with Crippen LogP contribution in [-0.4, -0.2) is 44.1 Å². The lowest BCUT2D eigenvalue weighted by Crippen LogP contribution is -2.40. The molecule has 0 aliphatic carbocycles. The van der Waals surface area contributed by atoms with E-state index < -0.39 is 12.0 Å². The molecule has 1 unspecified atom stereocenters. The zero-order chi connectivity index (χ0) is 28.8. The smallest absolute Gasteiger partial charge is 0.338 e. The van der Waals surface area contributed by atoms with Crippen molar-refractivity contribution in [3.63, 3.8) is 0 Å². The number of methoxy groups -OCH3 is 1. The molecule has 0 fully saturated rings. The molecule has 40 heavy (non-hydrogen) atoms. The summed E-state index contributed by atoms with van der Waals surface area (Å²) in [5.74, 6) is 1.79. The highest BCUT2D eigenvalue weighted by Crippen LogP contribution is 2.36. The summed E-state index contributed by atoms with van der Waals surface area (Å²) in [6, 6.07) is 10.2. The predicted molar refractivity (Wildman–Crippen MR) is 153 cm³/mol. The van der Waals surface area contributed by atoms with Gasteiger partial charge in [-0.1, -0.05) is 23.5 Å². The first-order chi connectivity index (χ1) is 19.4. The monoisotopic (exact) mass is 566 g/mol. The number of allylic oxidation sites excluding steroid dienone is 1. The van der Waals surface area contributed by atoms with E-state index in [4.69, 9.17) is 23.7 Å². The standard InChI is InChI=1S/C30H34N2O7S/c1-7-36-22-14-12-20(17-24(22)38-9-3)27-26(29(34)39-10-4)18(5)31-30-32(27)28(33)25(40-30)16-19-11-13-21(35-6)23(15-19)37-8-2/h11-17,27H,7-10H2,1-6H3/b25-16-. The highest BCUT2D eigenvalue weighted by atomic mass is 32.1. The molecule has 9 nitrogen and oxygen atoms in total. The van der Waals surface area contributed by atoms with E-state index in [-0.39, 0.29) is 12.2 Å². The van der Waals surface area contributed by atoms with Gasteiger partial charge in [-0.3, -0.25) is 9.36 Å². The van der Waals surface area contributed by atoms with E-state index in [1.54, 1.807) is 43.7 Å². The molecule has 0 amide bonds. The number of esters is 1. The zero-order valence-corrected chi connectivity index (χ0v) is 24.4. The molecule has 2 aromatic carbocycles. The van der Waals surface area contributed by atoms with Crippen LogP contribution in [0.25, 0.3) is 6.08 Å². The predicted octanol–water partition coefficient (Wildman–Crippen LogP) is 4.00. The van der Waals surface area contributed by atoms with Crippen molar-refractivity contribution in [2.24, 2.45) is 4.99 Å². The minimum atomic E-state index is -0.762. The van der Waals surface area contributed by atoms with Crippen LogP contribution in [0.15, 0.2) is 57.5 Å². The van der Waals surface area contributed by atoms with Gasteiger partial charge in [0.05, 0.1) is 55.4 Å². The van der Waals surface area contributed by atoms with E-state index in [9.17, 15) is 9.59 Å². The number of aromatic nitrogens is 1. The third-order valence-electron chi connectivity index (χ3n) is 6.19. The van der Waals surface area contributed by atoms with E-state index in [1.807, 2.05) is 45.0 Å². The van der Waals surface area contributed by atoms with Crippen molar-refractivity contribution >= 4 is 23.4 Å². The van der Waals surface area contributed by atoms with Gasteiger partial charge in [-0.2, -0.15) is 0 Å². The van der Waals surface area contributed by atoms with Gasteiger partial charge in [-0.15, -0.1) is 0 Å². The SMILES string of the molecule is CCOC(=O)C1=C(C)N=c2s/c(=C\c3ccc(OC)c(OCC)c3)c(=O)n2C1c1ccc(OCC)c(OCC)c1. The van der Waals surface area contributed by atoms with Crippen LogP contribution in [-0.2, 0) is 9.53 Å². The number of hydrogen-bond acceptors (Lipinski definition) is 9. The lowest BCUT2D eigenvalue weighted by Gasteiger charge is -2.25. The van der Waals surface area contributed by atoms with Crippen LogP contribution in [0.1, 0.15) is 51.8 Å². The molecule has 1 aliphatic heterocycles. The molecular weight excluding hydrogens is 532 g/mol. The van der Waals surface area contributed by atoms with Crippen molar-refractivity contribution in [2.45, 2.75) is 40.7 Å². The summed E-state index contributed by atoms with van der Waals surface area (Å²) >= 11 is 1.25. The minimum Gasteiger partial charge on any atom is -0.493 e. The van der Waals surface area contributed by atoms with Crippen molar-refractivity contribution in [1.82, 2.24) is 4.57 Å². The molecule has 0 saturated carbocycles. The first-order valence-corrected chi connectivity index (χ1v) is 14.1. The molecule has 1 aromatic heterocycles. The molecule has 2 heterocycles. The van der Waals surface area contributed by atoms with Crippen LogP contribution >= 0.6 is 11.3 Å². The maximum Gasteiger partial charge on any atom is 0.338 e. The Bertz CT molecular complexity index is 1600. The molecule has 4 rings (SSSR count). The van der Waals surface area contributed by atoms with Gasteiger partial charge in [0.2, 0.25) is 0 Å². The van der Waals surface area contributed by atoms with Gasteiger partial charge >= 0.3 is 5.97 Å². The van der Waals surface area contributed by atoms with Crippen molar-refractivity contribution in [1.29, 1.82) is 0 Å². The minimum absolute atomic E-state index is 0.194. The normalized spacial score (nSPS) is 14.8. The quantitative estimate of drug-likeness (QED) is 0.324. The number of carbonyl (C=O) groups excluding carboxylic acids is 1. The maximum atomic E-state index is 13.9. The fourth-order valence-electron chi connectivity index (χ4n) is 4.55. The summed E-state index contributed by atoms with van der Waals surface area (Å²) in [5.41, 5.74) is 1.97. The Balaban J connectivity index is 1.92. The van der Waals surface area contributed by atoms with Gasteiger partial charge in [-0.05, 0) is 76.1 Å². The Morgan fingerprint density at radius 3 is 2.23 bits per heavy atom. The second-order valence-electron chi connectivity index (χ2n) is 8.72. The Kier molecular flexibility index (Phi) is 9.31. The van der Waals surface area contributed by atoms with Crippen molar-refractivity contribution < 1.29 is 28.5 Å². The molecule has 1 aliphatic rings. The van der Waals surface area contributed by atoms with Crippen LogP contribution in [0.5, 0.6) is 23.0 Å². The summed E-state index contributed by atoms with van der Waals surface area (Å²) in [5, 5.41) is 0. The number of ether oxygens (including phenoxy) is 5. The average molecular weight is 567 g/mol. The zero-order valence-electron chi connectivity index (χ0n) is 23.6. The van der Waals surface area contributed by atoms with Crippen molar-refractivity contribution in [3.05, 3.63) is 78.5 Å². The van der Waals surface area contributed by atoms with Gasteiger partial charge < -0.3 is 23.7 Å². The molecule has 1 atom stereocenters. The summed E-state index contributed by atoms with van der Waals surface area (Å²) in [4.78, 5) is 32.3. The Labute approximate surface area is 236 Å². The number of carbonyl (C=O) groups is 1. The fourth-order valence-corrected chi connectivity index (χ4v) is 5.59. The number of thiazole rings is 1. The van der Waals surface area contributed by atoms with Crippen LogP contribution in [0, 0.1) is 0 Å². The average Bonchev–Trinajstić information content (AvgIpc) is 3.23. The van der Waals surface area contributed by atoms with Crippen LogP contribution in [0.4, 0.5) is 0 Å². The van der Waals surface area contributed by atoms with Crippen LogP contribution in [0.2, 0.25) is 0 Å². The molecule has 0 bridgehead atoms. The number of benzene rings is 2. The van der Waals surface area contributed by atoms with E-state index in [0.717, 1.165) is 5.56 Å². The van der Waals surface area contributed by atoms with Gasteiger partial charge in [0.25, 0.3) is 5.56 Å². The highest BCUT2D eigenvalue weighted by Gasteiger charge is 2.34. The number of nitrogens with zero attached hydrogens (tertiary/aromatic N) is 2. The largest absolute Gasteiger partial charge is 0.493 e.